The maximum Gasteiger partial charge on any atom is 0.265 e. The van der Waals surface area contributed by atoms with Crippen molar-refractivity contribution in [2.75, 3.05) is 24.7 Å². The van der Waals surface area contributed by atoms with Crippen LogP contribution in [0.2, 0.25) is 0 Å². The number of hydrogen-bond acceptors (Lipinski definition) is 5. The predicted octanol–water partition coefficient (Wildman–Crippen LogP) is 1.63. The molecule has 0 bridgehead atoms. The van der Waals surface area contributed by atoms with Crippen molar-refractivity contribution in [2.45, 2.75) is 25.3 Å². The Balaban J connectivity index is 2.06. The van der Waals surface area contributed by atoms with E-state index in [4.69, 9.17) is 5.73 Å². The molecular weight excluding hydrogens is 248 g/mol. The number of anilines is 2. The van der Waals surface area contributed by atoms with Gasteiger partial charge in [-0.25, -0.2) is 4.98 Å². The number of aromatic nitrogens is 1. The first kappa shape index (κ1) is 12.9. The SMILES string of the molecule is CN(C)c1nc(N)c(C(=O)NC2CC=CCC2)s1. The van der Waals surface area contributed by atoms with Crippen molar-refractivity contribution < 1.29 is 4.79 Å². The molecule has 1 atom stereocenters. The molecule has 0 radical (unpaired) electrons. The number of carbonyl (C=O) groups is 1. The van der Waals surface area contributed by atoms with Gasteiger partial charge in [-0.3, -0.25) is 4.79 Å². The Kier molecular flexibility index (Phi) is 3.86. The molecule has 18 heavy (non-hydrogen) atoms. The minimum atomic E-state index is -0.113. The molecule has 3 N–H and O–H groups in total. The van der Waals surface area contributed by atoms with Crippen molar-refractivity contribution in [1.82, 2.24) is 10.3 Å². The summed E-state index contributed by atoms with van der Waals surface area (Å²) < 4.78 is 0. The van der Waals surface area contributed by atoms with Gasteiger partial charge in [0.2, 0.25) is 0 Å². The van der Waals surface area contributed by atoms with Gasteiger partial charge in [0.15, 0.2) is 5.13 Å². The second-order valence-electron chi connectivity index (χ2n) is 4.56. The summed E-state index contributed by atoms with van der Waals surface area (Å²) in [7, 11) is 3.76. The zero-order valence-electron chi connectivity index (χ0n) is 10.6. The molecule has 0 saturated heterocycles. The molecule has 6 heteroatoms. The van der Waals surface area contributed by atoms with Gasteiger partial charge in [0.05, 0.1) is 0 Å². The van der Waals surface area contributed by atoms with Crippen LogP contribution in [0.25, 0.3) is 0 Å². The summed E-state index contributed by atoms with van der Waals surface area (Å²) in [4.78, 5) is 18.6. The maximum absolute atomic E-state index is 12.1. The molecule has 0 aromatic carbocycles. The van der Waals surface area contributed by atoms with E-state index in [1.54, 1.807) is 0 Å². The smallest absolute Gasteiger partial charge is 0.265 e. The first-order valence-corrected chi connectivity index (χ1v) is 6.79. The number of thiazole rings is 1. The lowest BCUT2D eigenvalue weighted by atomic mass is 10.0. The average Bonchev–Trinajstić information content (AvgIpc) is 2.73. The zero-order valence-corrected chi connectivity index (χ0v) is 11.5. The minimum Gasteiger partial charge on any atom is -0.382 e. The highest BCUT2D eigenvalue weighted by Gasteiger charge is 2.20. The number of allylic oxidation sites excluding steroid dienone is 1. The number of hydrogen-bond donors (Lipinski definition) is 2. The molecule has 1 amide bonds. The molecule has 5 nitrogen and oxygen atoms in total. The molecule has 1 heterocycles. The third-order valence-corrected chi connectivity index (χ3v) is 4.07. The molecule has 1 aliphatic carbocycles. The van der Waals surface area contributed by atoms with Crippen molar-refractivity contribution in [3.05, 3.63) is 17.0 Å². The summed E-state index contributed by atoms with van der Waals surface area (Å²) in [6, 6.07) is 0.215. The Bertz CT molecular complexity index is 467. The Morgan fingerprint density at radius 1 is 1.56 bits per heavy atom. The van der Waals surface area contributed by atoms with Gasteiger partial charge in [-0.2, -0.15) is 0 Å². The zero-order chi connectivity index (χ0) is 13.1. The van der Waals surface area contributed by atoms with E-state index in [1.807, 2.05) is 19.0 Å². The normalized spacial score (nSPS) is 18.7. The number of nitrogen functional groups attached to an aromatic ring is 1. The predicted molar refractivity (Wildman–Crippen MR) is 75.1 cm³/mol. The minimum absolute atomic E-state index is 0.113. The van der Waals surface area contributed by atoms with Crippen molar-refractivity contribution >= 4 is 28.2 Å². The van der Waals surface area contributed by atoms with Crippen LogP contribution in [0.3, 0.4) is 0 Å². The topological polar surface area (TPSA) is 71.2 Å². The van der Waals surface area contributed by atoms with E-state index in [1.165, 1.54) is 11.3 Å². The van der Waals surface area contributed by atoms with E-state index in [0.29, 0.717) is 10.7 Å². The summed E-state index contributed by atoms with van der Waals surface area (Å²) in [5, 5.41) is 3.76. The Morgan fingerprint density at radius 2 is 2.33 bits per heavy atom. The van der Waals surface area contributed by atoms with Gasteiger partial charge < -0.3 is 16.0 Å². The highest BCUT2D eigenvalue weighted by molar-refractivity contribution is 7.18. The number of amides is 1. The fraction of sp³-hybridized carbons (Fsp3) is 0.500. The van der Waals surface area contributed by atoms with Gasteiger partial charge in [-0.1, -0.05) is 23.5 Å². The lowest BCUT2D eigenvalue weighted by Crippen LogP contribution is -2.35. The van der Waals surface area contributed by atoms with Crippen LogP contribution in [0.5, 0.6) is 0 Å². The molecule has 1 aromatic rings. The van der Waals surface area contributed by atoms with E-state index in [-0.39, 0.29) is 11.9 Å². The lowest BCUT2D eigenvalue weighted by molar-refractivity contribution is 0.0939. The van der Waals surface area contributed by atoms with Crippen molar-refractivity contribution in [3.8, 4) is 0 Å². The van der Waals surface area contributed by atoms with Gasteiger partial charge in [0.25, 0.3) is 5.91 Å². The quantitative estimate of drug-likeness (QED) is 0.816. The second-order valence-corrected chi connectivity index (χ2v) is 5.54. The molecule has 0 saturated carbocycles. The van der Waals surface area contributed by atoms with E-state index < -0.39 is 0 Å². The van der Waals surface area contributed by atoms with Gasteiger partial charge in [-0.15, -0.1) is 0 Å². The second kappa shape index (κ2) is 5.39. The van der Waals surface area contributed by atoms with Crippen LogP contribution >= 0.6 is 11.3 Å². The molecule has 1 unspecified atom stereocenters. The van der Waals surface area contributed by atoms with Crippen molar-refractivity contribution in [3.63, 3.8) is 0 Å². The highest BCUT2D eigenvalue weighted by atomic mass is 32.1. The van der Waals surface area contributed by atoms with Gasteiger partial charge >= 0.3 is 0 Å². The summed E-state index contributed by atoms with van der Waals surface area (Å²) in [5.41, 5.74) is 5.78. The fourth-order valence-electron chi connectivity index (χ4n) is 1.85. The summed E-state index contributed by atoms with van der Waals surface area (Å²) in [6.07, 6.45) is 7.15. The van der Waals surface area contributed by atoms with Crippen molar-refractivity contribution in [2.24, 2.45) is 0 Å². The van der Waals surface area contributed by atoms with Crippen LogP contribution in [0.4, 0.5) is 10.9 Å². The van der Waals surface area contributed by atoms with Crippen LogP contribution in [-0.4, -0.2) is 31.0 Å². The van der Waals surface area contributed by atoms with Crippen LogP contribution in [-0.2, 0) is 0 Å². The Hall–Kier alpha value is -1.56. The first-order chi connectivity index (χ1) is 8.58. The van der Waals surface area contributed by atoms with Crippen LogP contribution in [0, 0.1) is 0 Å². The number of rotatable bonds is 3. The third-order valence-electron chi connectivity index (χ3n) is 2.84. The molecular formula is C12H18N4OS. The van der Waals surface area contributed by atoms with Crippen molar-refractivity contribution in [1.29, 1.82) is 0 Å². The van der Waals surface area contributed by atoms with Crippen LogP contribution in [0.1, 0.15) is 28.9 Å². The molecule has 1 aromatic heterocycles. The highest BCUT2D eigenvalue weighted by Crippen LogP contribution is 2.27. The number of nitrogens with two attached hydrogens (primary N) is 1. The van der Waals surface area contributed by atoms with Gasteiger partial charge in [0, 0.05) is 20.1 Å². The number of carbonyl (C=O) groups excluding carboxylic acids is 1. The van der Waals surface area contributed by atoms with Crippen LogP contribution in [0.15, 0.2) is 12.2 Å². The summed E-state index contributed by atoms with van der Waals surface area (Å²) >= 11 is 1.32. The summed E-state index contributed by atoms with van der Waals surface area (Å²) in [5.74, 6) is 0.200. The average molecular weight is 266 g/mol. The maximum atomic E-state index is 12.1. The Morgan fingerprint density at radius 3 is 2.89 bits per heavy atom. The number of nitrogens with zero attached hydrogens (tertiary/aromatic N) is 2. The molecule has 0 spiro atoms. The largest absolute Gasteiger partial charge is 0.382 e. The van der Waals surface area contributed by atoms with E-state index >= 15 is 0 Å². The van der Waals surface area contributed by atoms with E-state index in [2.05, 4.69) is 22.5 Å². The summed E-state index contributed by atoms with van der Waals surface area (Å²) in [6.45, 7) is 0. The van der Waals surface area contributed by atoms with Crippen LogP contribution < -0.4 is 16.0 Å². The van der Waals surface area contributed by atoms with Gasteiger partial charge in [-0.05, 0) is 19.3 Å². The lowest BCUT2D eigenvalue weighted by Gasteiger charge is -2.18. The molecule has 98 valence electrons. The molecule has 1 aliphatic rings. The standard InChI is InChI=1S/C12H18N4OS/c1-16(2)12-15-10(13)9(18-12)11(17)14-8-6-4-3-5-7-8/h3-4,8H,5-7,13H2,1-2H3,(H,14,17). The monoisotopic (exact) mass is 266 g/mol. The molecule has 0 aliphatic heterocycles. The third kappa shape index (κ3) is 2.81. The Labute approximate surface area is 111 Å². The number of nitrogens with one attached hydrogen (secondary N) is 1. The van der Waals surface area contributed by atoms with E-state index in [9.17, 15) is 4.79 Å². The first-order valence-electron chi connectivity index (χ1n) is 5.97. The fourth-order valence-corrected chi connectivity index (χ4v) is 2.66. The van der Waals surface area contributed by atoms with Gasteiger partial charge in [0.1, 0.15) is 10.7 Å². The molecule has 0 fully saturated rings. The molecule has 2 rings (SSSR count). The van der Waals surface area contributed by atoms with E-state index in [0.717, 1.165) is 24.4 Å².